The molecule has 0 bridgehead atoms. The second-order valence-electron chi connectivity index (χ2n) is 7.04. The van der Waals surface area contributed by atoms with Gasteiger partial charge < -0.3 is 15.1 Å². The Labute approximate surface area is 153 Å². The summed E-state index contributed by atoms with van der Waals surface area (Å²) in [6.07, 6.45) is 2.19. The predicted octanol–water partition coefficient (Wildman–Crippen LogP) is 2.50. The van der Waals surface area contributed by atoms with Crippen LogP contribution in [0.25, 0.3) is 0 Å². The predicted molar refractivity (Wildman–Crippen MR) is 98.9 cm³/mol. The number of nitrogens with zero attached hydrogens (tertiary/aromatic N) is 3. The van der Waals surface area contributed by atoms with Gasteiger partial charge in [-0.25, -0.2) is 4.79 Å². The van der Waals surface area contributed by atoms with Crippen molar-refractivity contribution >= 4 is 29.2 Å². The van der Waals surface area contributed by atoms with E-state index < -0.39 is 0 Å². The molecule has 3 rings (SSSR count). The molecular formula is C18H25ClN4O2. The van der Waals surface area contributed by atoms with Crippen LogP contribution in [0.2, 0.25) is 5.02 Å². The Bertz CT molecular complexity index is 668. The van der Waals surface area contributed by atoms with Crippen molar-refractivity contribution in [3.63, 3.8) is 0 Å². The van der Waals surface area contributed by atoms with Crippen LogP contribution in [0.4, 0.5) is 10.5 Å². The van der Waals surface area contributed by atoms with Crippen LogP contribution in [0, 0.1) is 0 Å². The molecular weight excluding hydrogens is 340 g/mol. The van der Waals surface area contributed by atoms with E-state index in [1.165, 1.54) is 0 Å². The number of carbonyl (C=O) groups is 2. The maximum atomic E-state index is 12.7. The number of carbonyl (C=O) groups excluding carboxylic acids is 2. The standard InChI is InChI=1S/C18H25ClN4O2/c1-21-10-9-18(8-7-16(21)24)13-23(12-11-22(18)2)17(25)20-15-6-4-3-5-14(15)19/h3-6H,7-13H2,1-2H3,(H,20,25)/t18-/m1/s1. The van der Waals surface area contributed by atoms with Crippen molar-refractivity contribution in [3.05, 3.63) is 29.3 Å². The van der Waals surface area contributed by atoms with Gasteiger partial charge in [0.15, 0.2) is 0 Å². The highest BCUT2D eigenvalue weighted by Gasteiger charge is 2.43. The fourth-order valence-electron chi connectivity index (χ4n) is 3.69. The van der Waals surface area contributed by atoms with E-state index in [1.807, 2.05) is 24.1 Å². The molecule has 3 amide bonds. The lowest BCUT2D eigenvalue weighted by molar-refractivity contribution is -0.129. The van der Waals surface area contributed by atoms with Gasteiger partial charge in [-0.2, -0.15) is 0 Å². The van der Waals surface area contributed by atoms with Crippen LogP contribution in [0.5, 0.6) is 0 Å². The minimum Gasteiger partial charge on any atom is -0.346 e. The van der Waals surface area contributed by atoms with E-state index in [4.69, 9.17) is 11.6 Å². The largest absolute Gasteiger partial charge is 0.346 e. The third-order valence-corrected chi connectivity index (χ3v) is 5.88. The van der Waals surface area contributed by atoms with Gasteiger partial charge in [0.25, 0.3) is 0 Å². The van der Waals surface area contributed by atoms with E-state index in [2.05, 4.69) is 17.3 Å². The molecule has 25 heavy (non-hydrogen) atoms. The Kier molecular flexibility index (Phi) is 5.20. The molecule has 1 aromatic carbocycles. The Morgan fingerprint density at radius 2 is 1.92 bits per heavy atom. The molecule has 1 spiro atoms. The average Bonchev–Trinajstić information content (AvgIpc) is 2.74. The fraction of sp³-hybridized carbons (Fsp3) is 0.556. The van der Waals surface area contributed by atoms with E-state index in [-0.39, 0.29) is 17.5 Å². The van der Waals surface area contributed by atoms with Gasteiger partial charge in [0.05, 0.1) is 10.7 Å². The van der Waals surface area contributed by atoms with Gasteiger partial charge in [-0.05, 0) is 32.0 Å². The summed E-state index contributed by atoms with van der Waals surface area (Å²) in [6, 6.07) is 7.10. The summed E-state index contributed by atoms with van der Waals surface area (Å²) in [5.41, 5.74) is 0.481. The quantitative estimate of drug-likeness (QED) is 0.833. The fourth-order valence-corrected chi connectivity index (χ4v) is 3.87. The van der Waals surface area contributed by atoms with Gasteiger partial charge in [-0.1, -0.05) is 23.7 Å². The number of hydrogen-bond acceptors (Lipinski definition) is 3. The van der Waals surface area contributed by atoms with E-state index >= 15 is 0 Å². The van der Waals surface area contributed by atoms with Crippen LogP contribution in [0.15, 0.2) is 24.3 Å². The number of para-hydroxylation sites is 1. The van der Waals surface area contributed by atoms with Crippen molar-refractivity contribution < 1.29 is 9.59 Å². The third-order valence-electron chi connectivity index (χ3n) is 5.55. The smallest absolute Gasteiger partial charge is 0.321 e. The number of halogens is 1. The van der Waals surface area contributed by atoms with Gasteiger partial charge in [-0.3, -0.25) is 9.69 Å². The topological polar surface area (TPSA) is 55.9 Å². The number of rotatable bonds is 1. The molecule has 2 saturated heterocycles. The number of piperazine rings is 1. The number of urea groups is 1. The van der Waals surface area contributed by atoms with Gasteiger partial charge in [-0.15, -0.1) is 0 Å². The highest BCUT2D eigenvalue weighted by molar-refractivity contribution is 6.33. The first-order valence-electron chi connectivity index (χ1n) is 8.67. The van der Waals surface area contributed by atoms with E-state index in [9.17, 15) is 9.59 Å². The molecule has 0 unspecified atom stereocenters. The molecule has 1 aromatic rings. The van der Waals surface area contributed by atoms with Crippen molar-refractivity contribution in [2.45, 2.75) is 24.8 Å². The minimum absolute atomic E-state index is 0.135. The van der Waals surface area contributed by atoms with Crippen molar-refractivity contribution in [2.24, 2.45) is 0 Å². The Hall–Kier alpha value is -1.79. The second kappa shape index (κ2) is 7.22. The maximum absolute atomic E-state index is 12.7. The van der Waals surface area contributed by atoms with Crippen LogP contribution in [0.3, 0.4) is 0 Å². The van der Waals surface area contributed by atoms with Crippen molar-refractivity contribution in [1.29, 1.82) is 0 Å². The lowest BCUT2D eigenvalue weighted by Crippen LogP contribution is -2.62. The lowest BCUT2D eigenvalue weighted by atomic mass is 9.86. The van der Waals surface area contributed by atoms with Gasteiger partial charge in [0.2, 0.25) is 5.91 Å². The molecule has 1 N–H and O–H groups in total. The molecule has 0 radical (unpaired) electrons. The summed E-state index contributed by atoms with van der Waals surface area (Å²) in [6.45, 7) is 2.82. The number of hydrogen-bond donors (Lipinski definition) is 1. The SMILES string of the molecule is CN1CC[C@]2(CCC1=O)CN(C(=O)Nc1ccccc1Cl)CCN2C. The first-order chi connectivity index (χ1) is 11.9. The molecule has 6 nitrogen and oxygen atoms in total. The number of anilines is 1. The van der Waals surface area contributed by atoms with Gasteiger partial charge in [0.1, 0.15) is 0 Å². The number of likely N-dealkylation sites (N-methyl/N-ethyl adjacent to an activating group) is 1. The summed E-state index contributed by atoms with van der Waals surface area (Å²) in [5, 5.41) is 3.44. The van der Waals surface area contributed by atoms with Crippen LogP contribution in [0.1, 0.15) is 19.3 Å². The van der Waals surface area contributed by atoms with E-state index in [0.717, 1.165) is 25.9 Å². The summed E-state index contributed by atoms with van der Waals surface area (Å²) < 4.78 is 0. The molecule has 1 atom stereocenters. The molecule has 0 aromatic heterocycles. The van der Waals surface area contributed by atoms with Crippen molar-refractivity contribution in [3.8, 4) is 0 Å². The number of nitrogens with one attached hydrogen (secondary N) is 1. The van der Waals surface area contributed by atoms with Crippen LogP contribution in [-0.2, 0) is 4.79 Å². The van der Waals surface area contributed by atoms with Crippen LogP contribution < -0.4 is 5.32 Å². The highest BCUT2D eigenvalue weighted by Crippen LogP contribution is 2.32. The zero-order chi connectivity index (χ0) is 18.0. The second-order valence-corrected chi connectivity index (χ2v) is 7.45. The molecule has 2 aliphatic rings. The van der Waals surface area contributed by atoms with Crippen molar-refractivity contribution in [1.82, 2.24) is 14.7 Å². The summed E-state index contributed by atoms with van der Waals surface area (Å²) >= 11 is 6.14. The molecule has 7 heteroatoms. The minimum atomic E-state index is -0.142. The first-order valence-corrected chi connectivity index (χ1v) is 9.05. The zero-order valence-electron chi connectivity index (χ0n) is 14.8. The Morgan fingerprint density at radius 1 is 1.16 bits per heavy atom. The average molecular weight is 365 g/mol. The molecule has 0 aliphatic carbocycles. The van der Waals surface area contributed by atoms with Gasteiger partial charge in [0, 0.05) is 45.2 Å². The van der Waals surface area contributed by atoms with E-state index in [0.29, 0.717) is 30.2 Å². The highest BCUT2D eigenvalue weighted by atomic mass is 35.5. The normalized spacial score (nSPS) is 25.2. The Balaban J connectivity index is 1.72. The van der Waals surface area contributed by atoms with Crippen LogP contribution >= 0.6 is 11.6 Å². The number of amides is 3. The van der Waals surface area contributed by atoms with Crippen LogP contribution in [-0.4, -0.2) is 72.5 Å². The van der Waals surface area contributed by atoms with Crippen molar-refractivity contribution in [2.75, 3.05) is 45.6 Å². The molecule has 136 valence electrons. The number of benzene rings is 1. The summed E-state index contributed by atoms with van der Waals surface area (Å²) in [5.74, 6) is 0.183. The molecule has 2 fully saturated rings. The third kappa shape index (κ3) is 3.75. The molecule has 0 saturated carbocycles. The lowest BCUT2D eigenvalue weighted by Gasteiger charge is -2.49. The number of likely N-dealkylation sites (tertiary alicyclic amines) is 1. The zero-order valence-corrected chi connectivity index (χ0v) is 15.6. The first kappa shape index (κ1) is 18.0. The maximum Gasteiger partial charge on any atom is 0.321 e. The van der Waals surface area contributed by atoms with E-state index in [1.54, 1.807) is 17.0 Å². The summed E-state index contributed by atoms with van der Waals surface area (Å²) in [7, 11) is 3.95. The molecule has 2 heterocycles. The van der Waals surface area contributed by atoms with Gasteiger partial charge >= 0.3 is 6.03 Å². The Morgan fingerprint density at radius 3 is 2.68 bits per heavy atom. The monoisotopic (exact) mass is 364 g/mol. The summed E-state index contributed by atoms with van der Waals surface area (Å²) in [4.78, 5) is 30.7. The molecule has 2 aliphatic heterocycles.